The first-order chi connectivity index (χ1) is 12.3. The molecule has 1 aliphatic carbocycles. The Bertz CT molecular complexity index is 522. The second-order valence-electron chi connectivity index (χ2n) is 8.72. The van der Waals surface area contributed by atoms with Gasteiger partial charge in [0.1, 0.15) is 0 Å². The van der Waals surface area contributed by atoms with Crippen molar-refractivity contribution in [2.45, 2.75) is 77.9 Å². The van der Waals surface area contributed by atoms with Gasteiger partial charge in [-0.25, -0.2) is 4.79 Å². The van der Waals surface area contributed by atoms with Crippen molar-refractivity contribution in [1.82, 2.24) is 14.7 Å². The second kappa shape index (κ2) is 7.75. The van der Waals surface area contributed by atoms with E-state index in [1.807, 2.05) is 11.8 Å². The zero-order valence-electron chi connectivity index (χ0n) is 16.9. The number of hydrogen-bond acceptors (Lipinski definition) is 4. The highest BCUT2D eigenvalue weighted by atomic mass is 16.6. The van der Waals surface area contributed by atoms with Crippen LogP contribution < -0.4 is 0 Å². The van der Waals surface area contributed by atoms with Crippen LogP contribution in [-0.2, 0) is 9.53 Å². The molecule has 148 valence electrons. The monoisotopic (exact) mass is 365 g/mol. The third-order valence-corrected chi connectivity index (χ3v) is 6.63. The molecule has 0 unspecified atom stereocenters. The lowest BCUT2D eigenvalue weighted by molar-refractivity contribution is -0.134. The third-order valence-electron chi connectivity index (χ3n) is 6.63. The van der Waals surface area contributed by atoms with Gasteiger partial charge in [0, 0.05) is 51.2 Å². The van der Waals surface area contributed by atoms with Gasteiger partial charge in [0.25, 0.3) is 0 Å². The Morgan fingerprint density at radius 3 is 2.38 bits per heavy atom. The van der Waals surface area contributed by atoms with E-state index < -0.39 is 0 Å². The Hall–Kier alpha value is -1.30. The molecule has 3 rings (SSSR count). The Labute approximate surface area is 157 Å². The molecule has 6 heteroatoms. The van der Waals surface area contributed by atoms with Gasteiger partial charge in [-0.05, 0) is 58.3 Å². The van der Waals surface area contributed by atoms with Gasteiger partial charge in [-0.3, -0.25) is 4.79 Å². The number of likely N-dealkylation sites (tertiary alicyclic amines) is 2. The van der Waals surface area contributed by atoms with Crippen LogP contribution in [0.15, 0.2) is 0 Å². The molecule has 26 heavy (non-hydrogen) atoms. The summed E-state index contributed by atoms with van der Waals surface area (Å²) in [5.74, 6) is 0.200. The number of nitrogens with zero attached hydrogens (tertiary/aromatic N) is 3. The maximum Gasteiger partial charge on any atom is 0.409 e. The van der Waals surface area contributed by atoms with E-state index in [1.54, 1.807) is 6.92 Å². The summed E-state index contributed by atoms with van der Waals surface area (Å²) in [5, 5.41) is 0. The number of ether oxygens (including phenoxy) is 1. The Morgan fingerprint density at radius 2 is 1.85 bits per heavy atom. The lowest BCUT2D eigenvalue weighted by Crippen LogP contribution is -2.57. The van der Waals surface area contributed by atoms with Crippen LogP contribution in [0.5, 0.6) is 0 Å². The van der Waals surface area contributed by atoms with Gasteiger partial charge in [0.15, 0.2) is 0 Å². The largest absolute Gasteiger partial charge is 0.450 e. The Morgan fingerprint density at radius 1 is 1.19 bits per heavy atom. The zero-order chi connectivity index (χ0) is 18.9. The standard InChI is InChI=1S/C20H35N3O3/c1-5-26-19(25)22-11-8-20(14-22)12-18(13-20)21-9-6-17(7-10-21)23(15(2)3)16(4)24/h15,17-18H,5-14H2,1-4H3. The topological polar surface area (TPSA) is 53.1 Å². The summed E-state index contributed by atoms with van der Waals surface area (Å²) < 4.78 is 5.15. The first kappa shape index (κ1) is 19.5. The van der Waals surface area contributed by atoms with E-state index >= 15 is 0 Å². The normalized spacial score (nSPS) is 29.9. The molecular formula is C20H35N3O3. The molecule has 0 aromatic rings. The predicted molar refractivity (Wildman–Crippen MR) is 101 cm³/mol. The summed E-state index contributed by atoms with van der Waals surface area (Å²) in [6, 6.07) is 1.33. The molecule has 1 spiro atoms. The van der Waals surface area contributed by atoms with Crippen molar-refractivity contribution < 1.29 is 14.3 Å². The minimum absolute atomic E-state index is 0.147. The van der Waals surface area contributed by atoms with E-state index in [-0.39, 0.29) is 18.0 Å². The molecular weight excluding hydrogens is 330 g/mol. The van der Waals surface area contributed by atoms with Crippen molar-refractivity contribution in [2.24, 2.45) is 5.41 Å². The first-order valence-corrected chi connectivity index (χ1v) is 10.3. The van der Waals surface area contributed by atoms with Crippen molar-refractivity contribution in [1.29, 1.82) is 0 Å². The maximum absolute atomic E-state index is 11.9. The molecule has 3 fully saturated rings. The lowest BCUT2D eigenvalue weighted by atomic mass is 9.64. The summed E-state index contributed by atoms with van der Waals surface area (Å²) in [6.45, 7) is 12.1. The van der Waals surface area contributed by atoms with E-state index in [0.717, 1.165) is 45.4 Å². The summed E-state index contributed by atoms with van der Waals surface area (Å²) >= 11 is 0. The molecule has 1 saturated carbocycles. The Kier molecular flexibility index (Phi) is 5.80. The second-order valence-corrected chi connectivity index (χ2v) is 8.72. The van der Waals surface area contributed by atoms with Gasteiger partial charge in [-0.1, -0.05) is 0 Å². The number of rotatable bonds is 4. The van der Waals surface area contributed by atoms with Crippen LogP contribution in [0, 0.1) is 5.41 Å². The SMILES string of the molecule is CCOC(=O)N1CCC2(CC(N3CCC(N(C(C)=O)C(C)C)CC3)C2)C1. The minimum atomic E-state index is -0.147. The molecule has 2 amide bonds. The molecule has 3 aliphatic rings. The average Bonchev–Trinajstić information content (AvgIpc) is 3.00. The molecule has 0 N–H and O–H groups in total. The molecule has 0 aromatic heterocycles. The van der Waals surface area contributed by atoms with Crippen molar-refractivity contribution in [3.8, 4) is 0 Å². The highest BCUT2D eigenvalue weighted by Gasteiger charge is 2.51. The van der Waals surface area contributed by atoms with E-state index in [4.69, 9.17) is 4.74 Å². The predicted octanol–water partition coefficient (Wildman–Crippen LogP) is 2.72. The summed E-state index contributed by atoms with van der Waals surface area (Å²) in [7, 11) is 0. The van der Waals surface area contributed by atoms with Crippen LogP contribution in [0.4, 0.5) is 4.79 Å². The average molecular weight is 366 g/mol. The minimum Gasteiger partial charge on any atom is -0.450 e. The number of hydrogen-bond donors (Lipinski definition) is 0. The molecule has 2 heterocycles. The molecule has 0 atom stereocenters. The molecule has 6 nitrogen and oxygen atoms in total. The zero-order valence-corrected chi connectivity index (χ0v) is 16.9. The van der Waals surface area contributed by atoms with Crippen LogP contribution in [0.2, 0.25) is 0 Å². The summed E-state index contributed by atoms with van der Waals surface area (Å²) in [5.41, 5.74) is 0.331. The molecule has 0 radical (unpaired) electrons. The quantitative estimate of drug-likeness (QED) is 0.769. The van der Waals surface area contributed by atoms with Crippen molar-refractivity contribution in [3.63, 3.8) is 0 Å². The fourth-order valence-corrected chi connectivity index (χ4v) is 5.41. The fourth-order valence-electron chi connectivity index (χ4n) is 5.41. The summed E-state index contributed by atoms with van der Waals surface area (Å²) in [4.78, 5) is 30.4. The molecule has 2 aliphatic heterocycles. The number of carbonyl (C=O) groups is 2. The summed E-state index contributed by atoms with van der Waals surface area (Å²) in [6.07, 6.45) is 5.53. The van der Waals surface area contributed by atoms with E-state index in [1.165, 1.54) is 12.8 Å². The lowest BCUT2D eigenvalue weighted by Gasteiger charge is -2.52. The molecule has 0 aromatic carbocycles. The van der Waals surface area contributed by atoms with Gasteiger partial charge in [-0.15, -0.1) is 0 Å². The molecule has 2 saturated heterocycles. The van der Waals surface area contributed by atoms with Crippen LogP contribution in [-0.4, -0.2) is 77.6 Å². The first-order valence-electron chi connectivity index (χ1n) is 10.3. The number of carbonyl (C=O) groups excluding carboxylic acids is 2. The van der Waals surface area contributed by atoms with Gasteiger partial charge < -0.3 is 19.4 Å². The van der Waals surface area contributed by atoms with Crippen LogP contribution >= 0.6 is 0 Å². The van der Waals surface area contributed by atoms with Gasteiger partial charge in [0.2, 0.25) is 5.91 Å². The van der Waals surface area contributed by atoms with Crippen LogP contribution in [0.3, 0.4) is 0 Å². The van der Waals surface area contributed by atoms with E-state index in [9.17, 15) is 9.59 Å². The van der Waals surface area contributed by atoms with E-state index in [0.29, 0.717) is 24.1 Å². The van der Waals surface area contributed by atoms with Gasteiger partial charge >= 0.3 is 6.09 Å². The number of piperidine rings is 1. The Balaban J connectivity index is 1.45. The van der Waals surface area contributed by atoms with Crippen LogP contribution in [0.1, 0.15) is 59.8 Å². The van der Waals surface area contributed by atoms with Gasteiger partial charge in [0.05, 0.1) is 6.61 Å². The smallest absolute Gasteiger partial charge is 0.409 e. The third kappa shape index (κ3) is 3.85. The van der Waals surface area contributed by atoms with E-state index in [2.05, 4.69) is 23.6 Å². The van der Waals surface area contributed by atoms with Crippen molar-refractivity contribution in [3.05, 3.63) is 0 Å². The van der Waals surface area contributed by atoms with Crippen molar-refractivity contribution >= 4 is 12.0 Å². The highest BCUT2D eigenvalue weighted by Crippen LogP contribution is 2.50. The maximum atomic E-state index is 11.9. The fraction of sp³-hybridized carbons (Fsp3) is 0.900. The molecule has 0 bridgehead atoms. The highest BCUT2D eigenvalue weighted by molar-refractivity contribution is 5.74. The number of amides is 2. The van der Waals surface area contributed by atoms with Gasteiger partial charge in [-0.2, -0.15) is 0 Å². The van der Waals surface area contributed by atoms with Crippen molar-refractivity contribution in [2.75, 3.05) is 32.8 Å². The van der Waals surface area contributed by atoms with Crippen LogP contribution in [0.25, 0.3) is 0 Å².